The number of rotatable bonds is 21. The van der Waals surface area contributed by atoms with E-state index in [1.54, 1.807) is 33.2 Å². The van der Waals surface area contributed by atoms with Gasteiger partial charge in [-0.05, 0) is 56.9 Å². The van der Waals surface area contributed by atoms with Gasteiger partial charge < -0.3 is 34.7 Å². The Balaban J connectivity index is 0.00000114. The molecule has 2 aromatic rings. The minimum atomic E-state index is -0.806. The second kappa shape index (κ2) is 24.5. The fourth-order valence-corrected chi connectivity index (χ4v) is 4.02. The lowest BCUT2D eigenvalue weighted by molar-refractivity contribution is -0.158. The van der Waals surface area contributed by atoms with E-state index < -0.39 is 17.6 Å². The summed E-state index contributed by atoms with van der Waals surface area (Å²) in [5.41, 5.74) is 8.04. The first-order chi connectivity index (χ1) is 23.3. The van der Waals surface area contributed by atoms with E-state index in [0.29, 0.717) is 74.8 Å². The number of hydrogen-bond donors (Lipinski definition) is 2. The number of halogens is 2. The Kier molecular flexibility index (Phi) is 21.7. The highest BCUT2D eigenvalue weighted by Gasteiger charge is 2.25. The van der Waals surface area contributed by atoms with Gasteiger partial charge in [0.25, 0.3) is 0 Å². The van der Waals surface area contributed by atoms with Gasteiger partial charge >= 0.3 is 5.97 Å². The fraction of sp³-hybridized carbons (Fsp3) is 0.500. The first kappa shape index (κ1) is 43.4. The van der Waals surface area contributed by atoms with Crippen LogP contribution in [0.3, 0.4) is 0 Å². The van der Waals surface area contributed by atoms with Crippen LogP contribution in [0.2, 0.25) is 10.0 Å². The summed E-state index contributed by atoms with van der Waals surface area (Å²) in [6, 6.07) is 6.67. The Morgan fingerprint density at radius 2 is 1.53 bits per heavy atom. The van der Waals surface area contributed by atoms with Gasteiger partial charge in [-0.1, -0.05) is 47.5 Å². The van der Waals surface area contributed by atoms with Gasteiger partial charge in [0.2, 0.25) is 12.8 Å². The van der Waals surface area contributed by atoms with Crippen LogP contribution in [0.4, 0.5) is 0 Å². The monoisotopic (exact) mass is 725 g/mol. The predicted octanol–water partition coefficient (Wildman–Crippen LogP) is 4.21. The number of benzene rings is 1. The molecule has 15 heteroatoms. The number of aromatic nitrogens is 1. The van der Waals surface area contributed by atoms with Crippen molar-refractivity contribution in [3.63, 3.8) is 0 Å². The van der Waals surface area contributed by atoms with E-state index in [9.17, 15) is 14.4 Å². The van der Waals surface area contributed by atoms with Crippen molar-refractivity contribution in [2.75, 3.05) is 59.8 Å². The van der Waals surface area contributed by atoms with Crippen LogP contribution in [-0.4, -0.2) is 106 Å². The number of esters is 1. The van der Waals surface area contributed by atoms with E-state index in [1.165, 1.54) is 13.3 Å². The molecule has 0 saturated heterocycles. The van der Waals surface area contributed by atoms with Crippen molar-refractivity contribution in [1.29, 1.82) is 0 Å². The Hall–Kier alpha value is -3.59. The Labute approximate surface area is 299 Å². The smallest absolute Gasteiger partial charge is 0.329 e. The minimum absolute atomic E-state index is 0.260. The lowest BCUT2D eigenvalue weighted by atomic mass is 10.0. The van der Waals surface area contributed by atoms with E-state index in [0.717, 1.165) is 27.3 Å². The number of carbonyl (C=O) groups excluding carboxylic acids is 3. The standard InChI is InChI=1S/C28H44N4O8.C6H5Cl2N/c1-22(24-8-6-23(7-9-24)18-25(30-20-33)27(35)40-28(2,3)4)26(19-31-32(5)21-34)39-17-16-38-15-14-37-13-12-36-11-10-29;1-4-5(7)2-9-3-6(4)8/h6-9,19-21,25H,10-18,29H2,1-5H3,(H,30,33);2-3H,1H3/b26-22-,31-19-;. The Morgan fingerprint density at radius 1 is 0.980 bits per heavy atom. The topological polar surface area (TPSA) is 164 Å². The third kappa shape index (κ3) is 19.3. The highest BCUT2D eigenvalue weighted by atomic mass is 35.5. The van der Waals surface area contributed by atoms with Gasteiger partial charge in [0.1, 0.15) is 24.0 Å². The van der Waals surface area contributed by atoms with Gasteiger partial charge in [-0.25, -0.2) is 9.80 Å². The molecule has 1 heterocycles. The molecular weight excluding hydrogens is 677 g/mol. The van der Waals surface area contributed by atoms with Crippen molar-refractivity contribution < 1.29 is 38.1 Å². The van der Waals surface area contributed by atoms with E-state index in [4.69, 9.17) is 52.6 Å². The Bertz CT molecular complexity index is 1320. The molecule has 3 N–H and O–H groups in total. The van der Waals surface area contributed by atoms with Crippen LogP contribution in [-0.2, 0) is 44.5 Å². The highest BCUT2D eigenvalue weighted by molar-refractivity contribution is 6.35. The van der Waals surface area contributed by atoms with Crippen LogP contribution >= 0.6 is 23.2 Å². The molecule has 0 bridgehead atoms. The normalized spacial score (nSPS) is 12.3. The molecule has 0 fully saturated rings. The zero-order chi connectivity index (χ0) is 36.7. The summed E-state index contributed by atoms with van der Waals surface area (Å²) in [6.07, 6.45) is 5.95. The van der Waals surface area contributed by atoms with E-state index in [1.807, 2.05) is 38.1 Å². The number of pyridine rings is 1. The number of ether oxygens (including phenoxy) is 5. The molecule has 0 radical (unpaired) electrons. The molecule has 0 aliphatic carbocycles. The summed E-state index contributed by atoms with van der Waals surface area (Å²) in [5.74, 6) is -0.0381. The molecule has 13 nitrogen and oxygen atoms in total. The minimum Gasteiger partial charge on any atom is -0.489 e. The number of allylic oxidation sites excluding steroid dienone is 2. The summed E-state index contributed by atoms with van der Waals surface area (Å²) in [5, 5.41) is 8.96. The molecule has 0 aliphatic rings. The highest BCUT2D eigenvalue weighted by Crippen LogP contribution is 2.21. The molecule has 0 spiro atoms. The van der Waals surface area contributed by atoms with Gasteiger partial charge in [0.15, 0.2) is 0 Å². The van der Waals surface area contributed by atoms with E-state index in [-0.39, 0.29) is 13.0 Å². The largest absolute Gasteiger partial charge is 0.489 e. The SMILES string of the molecule is C/C(=C(\C=N/N(C)C=O)OCCOCCOCCOCCN)c1ccc(CC(NC=O)C(=O)OC(C)(C)C)cc1.Cc1c(Cl)cncc1Cl. The van der Waals surface area contributed by atoms with Crippen LogP contribution in [0, 0.1) is 6.92 Å². The zero-order valence-electron chi connectivity index (χ0n) is 29.1. The maximum absolute atomic E-state index is 12.5. The van der Waals surface area contributed by atoms with Crippen molar-refractivity contribution in [1.82, 2.24) is 15.3 Å². The Morgan fingerprint density at radius 3 is 2.02 bits per heavy atom. The average Bonchev–Trinajstić information content (AvgIpc) is 3.06. The summed E-state index contributed by atoms with van der Waals surface area (Å²) < 4.78 is 27.5. The van der Waals surface area contributed by atoms with Gasteiger partial charge in [-0.2, -0.15) is 5.10 Å². The fourth-order valence-electron chi connectivity index (χ4n) is 3.66. The summed E-state index contributed by atoms with van der Waals surface area (Å²) in [6.45, 7) is 12.4. The van der Waals surface area contributed by atoms with Crippen molar-refractivity contribution >= 4 is 53.8 Å². The molecular formula is C34H49Cl2N5O8. The van der Waals surface area contributed by atoms with E-state index >= 15 is 0 Å². The number of nitrogens with one attached hydrogen (secondary N) is 1. The molecule has 0 saturated carbocycles. The maximum atomic E-state index is 12.5. The quantitative estimate of drug-likeness (QED) is 0.0476. The number of hydrogen-bond acceptors (Lipinski definition) is 11. The van der Waals surface area contributed by atoms with Crippen molar-refractivity contribution in [3.05, 3.63) is 69.2 Å². The van der Waals surface area contributed by atoms with Crippen molar-refractivity contribution in [3.8, 4) is 0 Å². The molecule has 272 valence electrons. The molecule has 2 amide bonds. The first-order valence-corrected chi connectivity index (χ1v) is 16.3. The van der Waals surface area contributed by atoms with Crippen molar-refractivity contribution in [2.24, 2.45) is 10.8 Å². The maximum Gasteiger partial charge on any atom is 0.329 e. The lowest BCUT2D eigenvalue weighted by Gasteiger charge is -2.23. The van der Waals surface area contributed by atoms with Crippen LogP contribution in [0.1, 0.15) is 44.4 Å². The molecule has 1 aromatic carbocycles. The van der Waals surface area contributed by atoms with Gasteiger partial charge in [-0.15, -0.1) is 0 Å². The predicted molar refractivity (Wildman–Crippen MR) is 190 cm³/mol. The van der Waals surface area contributed by atoms with E-state index in [2.05, 4.69) is 15.4 Å². The molecule has 1 atom stereocenters. The second-order valence-electron chi connectivity index (χ2n) is 11.4. The van der Waals surface area contributed by atoms with Crippen LogP contribution in [0.25, 0.3) is 5.57 Å². The third-order valence-electron chi connectivity index (χ3n) is 6.25. The molecule has 2 rings (SSSR count). The van der Waals surface area contributed by atoms with Crippen LogP contribution in [0.15, 0.2) is 47.5 Å². The summed E-state index contributed by atoms with van der Waals surface area (Å²) in [4.78, 5) is 38.3. The second-order valence-corrected chi connectivity index (χ2v) is 12.2. The molecule has 1 unspecified atom stereocenters. The molecule has 1 aromatic heterocycles. The number of amides is 2. The van der Waals surface area contributed by atoms with Gasteiger partial charge in [-0.3, -0.25) is 14.6 Å². The lowest BCUT2D eigenvalue weighted by Crippen LogP contribution is -2.42. The van der Waals surface area contributed by atoms with Gasteiger partial charge in [0, 0.05) is 32.4 Å². The average molecular weight is 727 g/mol. The van der Waals surface area contributed by atoms with Crippen molar-refractivity contribution in [2.45, 2.75) is 52.7 Å². The first-order valence-electron chi connectivity index (χ1n) is 15.6. The zero-order valence-corrected chi connectivity index (χ0v) is 30.6. The summed E-state index contributed by atoms with van der Waals surface area (Å²) in [7, 11) is 1.52. The van der Waals surface area contributed by atoms with Gasteiger partial charge in [0.05, 0.1) is 55.9 Å². The van der Waals surface area contributed by atoms with Crippen LogP contribution in [0.5, 0.6) is 0 Å². The third-order valence-corrected chi connectivity index (χ3v) is 7.01. The number of nitrogens with zero attached hydrogens (tertiary/aromatic N) is 3. The molecule has 0 aliphatic heterocycles. The van der Waals surface area contributed by atoms with Crippen LogP contribution < -0.4 is 11.1 Å². The number of carbonyl (C=O) groups is 3. The summed E-state index contributed by atoms with van der Waals surface area (Å²) >= 11 is 11.3. The number of nitrogens with two attached hydrogens (primary N) is 1. The number of hydrazone groups is 1. The molecule has 49 heavy (non-hydrogen) atoms.